The van der Waals surface area contributed by atoms with Crippen molar-refractivity contribution in [3.63, 3.8) is 0 Å². The van der Waals surface area contributed by atoms with E-state index in [4.69, 9.17) is 4.74 Å². The van der Waals surface area contributed by atoms with Gasteiger partial charge in [-0.25, -0.2) is 4.79 Å². The van der Waals surface area contributed by atoms with Crippen molar-refractivity contribution in [3.8, 4) is 5.75 Å². The summed E-state index contributed by atoms with van der Waals surface area (Å²) in [6.07, 6.45) is 3.61. The number of carbonyl (C=O) groups is 1. The summed E-state index contributed by atoms with van der Waals surface area (Å²) < 4.78 is 5.93. The largest absolute Gasteiger partial charge is 0.508 e. The number of carbonyl (C=O) groups excluding carboxylic acids is 1. The van der Waals surface area contributed by atoms with Crippen molar-refractivity contribution in [2.75, 3.05) is 0 Å². The van der Waals surface area contributed by atoms with E-state index in [1.165, 1.54) is 11.1 Å². The molecule has 4 nitrogen and oxygen atoms in total. The fraction of sp³-hybridized carbons (Fsp3) is 0.480. The summed E-state index contributed by atoms with van der Waals surface area (Å²) in [5.74, 6) is 1.29. The summed E-state index contributed by atoms with van der Waals surface area (Å²) in [4.78, 5) is 12.7. The van der Waals surface area contributed by atoms with Crippen LogP contribution in [0.25, 0.3) is 0 Å². The van der Waals surface area contributed by atoms with Crippen LogP contribution < -0.4 is 0 Å². The third kappa shape index (κ3) is 2.96. The van der Waals surface area contributed by atoms with Gasteiger partial charge in [0.25, 0.3) is 0 Å². The molecule has 5 rings (SSSR count). The van der Waals surface area contributed by atoms with Crippen LogP contribution in [0.2, 0.25) is 0 Å². The first-order valence-electron chi connectivity index (χ1n) is 10.7. The van der Waals surface area contributed by atoms with Crippen LogP contribution in [0.4, 0.5) is 0 Å². The lowest BCUT2D eigenvalue weighted by molar-refractivity contribution is -0.0676. The summed E-state index contributed by atoms with van der Waals surface area (Å²) in [7, 11) is 0. The minimum Gasteiger partial charge on any atom is -0.508 e. The minimum absolute atomic E-state index is 0.195. The number of hydrogen-bond acceptors (Lipinski definition) is 4. The molecule has 0 radical (unpaired) electrons. The zero-order valence-corrected chi connectivity index (χ0v) is 16.8. The number of fused-ring (bicyclic) bond motifs is 5. The van der Waals surface area contributed by atoms with Gasteiger partial charge in [-0.3, -0.25) is 0 Å². The molecule has 2 fully saturated rings. The summed E-state index contributed by atoms with van der Waals surface area (Å²) in [5.41, 5.74) is 2.96. The standard InChI is InChI=1S/C25H28O4/c1-25-12-11-19-18-10-8-17(26)13-16(18)7-9-20(19)21(25)14-22(27)23(25)29-24(28)15-5-3-2-4-6-15/h2-6,8,10,13,19-23,26-27H,7,9,11-12,14H2,1H3/t19-,20-,21+,22-,23+,25+/m1/s1. The Hall–Kier alpha value is -2.33. The van der Waals surface area contributed by atoms with Gasteiger partial charge in [0.15, 0.2) is 0 Å². The van der Waals surface area contributed by atoms with Crippen LogP contribution in [0, 0.1) is 17.3 Å². The van der Waals surface area contributed by atoms with E-state index in [0.717, 1.165) is 25.7 Å². The van der Waals surface area contributed by atoms with Crippen molar-refractivity contribution in [2.24, 2.45) is 17.3 Å². The van der Waals surface area contributed by atoms with Gasteiger partial charge in [-0.2, -0.15) is 0 Å². The highest BCUT2D eigenvalue weighted by molar-refractivity contribution is 5.89. The van der Waals surface area contributed by atoms with Gasteiger partial charge in [-0.05, 0) is 85.3 Å². The van der Waals surface area contributed by atoms with E-state index in [1.54, 1.807) is 18.2 Å². The molecule has 0 aromatic heterocycles. The van der Waals surface area contributed by atoms with Crippen LogP contribution in [0.1, 0.15) is 60.0 Å². The quantitative estimate of drug-likeness (QED) is 0.742. The summed E-state index contributed by atoms with van der Waals surface area (Å²) >= 11 is 0. The van der Waals surface area contributed by atoms with Crippen LogP contribution in [-0.4, -0.2) is 28.4 Å². The van der Waals surface area contributed by atoms with Gasteiger partial charge in [0.1, 0.15) is 11.9 Å². The number of aryl methyl sites for hydroxylation is 1. The van der Waals surface area contributed by atoms with E-state index in [-0.39, 0.29) is 11.4 Å². The second-order valence-electron chi connectivity index (χ2n) is 9.34. The predicted octanol–water partition coefficient (Wildman–Crippen LogP) is 4.44. The van der Waals surface area contributed by atoms with Gasteiger partial charge in [-0.15, -0.1) is 0 Å². The van der Waals surface area contributed by atoms with Gasteiger partial charge in [-0.1, -0.05) is 31.2 Å². The smallest absolute Gasteiger partial charge is 0.338 e. The number of phenolic OH excluding ortho intramolecular Hbond substituents is 1. The molecule has 3 aliphatic carbocycles. The second-order valence-corrected chi connectivity index (χ2v) is 9.34. The monoisotopic (exact) mass is 392 g/mol. The Bertz CT molecular complexity index is 924. The molecule has 0 spiro atoms. The van der Waals surface area contributed by atoms with Crippen molar-refractivity contribution in [3.05, 3.63) is 65.2 Å². The van der Waals surface area contributed by atoms with Gasteiger partial charge in [0.2, 0.25) is 0 Å². The van der Waals surface area contributed by atoms with Crippen molar-refractivity contribution in [2.45, 2.75) is 57.2 Å². The summed E-state index contributed by atoms with van der Waals surface area (Å²) in [6, 6.07) is 14.8. The Kier molecular flexibility index (Phi) is 4.43. The van der Waals surface area contributed by atoms with Crippen molar-refractivity contribution in [1.29, 1.82) is 0 Å². The normalized spacial score (nSPS) is 35.3. The first-order valence-corrected chi connectivity index (χ1v) is 10.7. The Morgan fingerprint density at radius 3 is 2.72 bits per heavy atom. The van der Waals surface area contributed by atoms with Gasteiger partial charge in [0, 0.05) is 5.41 Å². The molecule has 0 aliphatic heterocycles. The molecule has 0 unspecified atom stereocenters. The number of aliphatic hydroxyl groups is 1. The van der Waals surface area contributed by atoms with Crippen LogP contribution in [0.15, 0.2) is 48.5 Å². The number of aliphatic hydroxyl groups excluding tert-OH is 1. The molecule has 2 saturated carbocycles. The molecule has 0 bridgehead atoms. The maximum atomic E-state index is 12.7. The molecule has 0 saturated heterocycles. The van der Waals surface area contributed by atoms with Crippen LogP contribution in [0.5, 0.6) is 5.75 Å². The molecule has 0 amide bonds. The fourth-order valence-corrected chi connectivity index (χ4v) is 6.51. The number of esters is 1. The lowest BCUT2D eigenvalue weighted by Crippen LogP contribution is -2.46. The van der Waals surface area contributed by atoms with E-state index >= 15 is 0 Å². The highest BCUT2D eigenvalue weighted by atomic mass is 16.6. The summed E-state index contributed by atoms with van der Waals surface area (Å²) in [6.45, 7) is 2.21. The molecular formula is C25H28O4. The first kappa shape index (κ1) is 18.7. The van der Waals surface area contributed by atoms with Gasteiger partial charge >= 0.3 is 5.97 Å². The minimum atomic E-state index is -0.613. The average Bonchev–Trinajstić information content (AvgIpc) is 2.98. The third-order valence-corrected chi connectivity index (χ3v) is 7.89. The first-order chi connectivity index (χ1) is 14.0. The van der Waals surface area contributed by atoms with E-state index in [1.807, 2.05) is 24.3 Å². The summed E-state index contributed by atoms with van der Waals surface area (Å²) in [5, 5.41) is 20.7. The maximum absolute atomic E-state index is 12.7. The Morgan fingerprint density at radius 2 is 1.93 bits per heavy atom. The molecule has 2 aromatic carbocycles. The number of ether oxygens (including phenoxy) is 1. The van der Waals surface area contributed by atoms with Gasteiger partial charge in [0.05, 0.1) is 11.7 Å². The highest BCUT2D eigenvalue weighted by Gasteiger charge is 2.59. The predicted molar refractivity (Wildman–Crippen MR) is 110 cm³/mol. The van der Waals surface area contributed by atoms with Crippen molar-refractivity contribution >= 4 is 5.97 Å². The van der Waals surface area contributed by atoms with Crippen molar-refractivity contribution in [1.82, 2.24) is 0 Å². The fourth-order valence-electron chi connectivity index (χ4n) is 6.51. The number of rotatable bonds is 2. The second kappa shape index (κ2) is 6.88. The molecular weight excluding hydrogens is 364 g/mol. The Balaban J connectivity index is 1.41. The van der Waals surface area contributed by atoms with Crippen LogP contribution in [0.3, 0.4) is 0 Å². The third-order valence-electron chi connectivity index (χ3n) is 7.89. The average molecular weight is 392 g/mol. The number of benzene rings is 2. The number of phenols is 1. The Morgan fingerprint density at radius 1 is 1.14 bits per heavy atom. The molecule has 0 heterocycles. The lowest BCUT2D eigenvalue weighted by Gasteiger charge is -2.50. The lowest BCUT2D eigenvalue weighted by atomic mass is 9.55. The van der Waals surface area contributed by atoms with E-state index in [9.17, 15) is 15.0 Å². The zero-order valence-electron chi connectivity index (χ0n) is 16.8. The van der Waals surface area contributed by atoms with Gasteiger partial charge < -0.3 is 14.9 Å². The maximum Gasteiger partial charge on any atom is 0.338 e. The SMILES string of the molecule is C[C@]12CC[C@@H]3c4ccc(O)cc4CC[C@H]3[C@@H]1C[C@@H](O)[C@@H]2OC(=O)c1ccccc1. The molecule has 3 aliphatic rings. The number of aromatic hydroxyl groups is 1. The molecule has 6 atom stereocenters. The number of hydrogen-bond donors (Lipinski definition) is 2. The van der Waals surface area contributed by atoms with Crippen LogP contribution in [-0.2, 0) is 11.2 Å². The van der Waals surface area contributed by atoms with Crippen molar-refractivity contribution < 1.29 is 19.7 Å². The van der Waals surface area contributed by atoms with E-state index < -0.39 is 12.2 Å². The van der Waals surface area contributed by atoms with Crippen LogP contribution >= 0.6 is 0 Å². The highest BCUT2D eigenvalue weighted by Crippen LogP contribution is 2.61. The molecule has 29 heavy (non-hydrogen) atoms. The van der Waals surface area contributed by atoms with E-state index in [2.05, 4.69) is 13.0 Å². The molecule has 4 heteroatoms. The molecule has 152 valence electrons. The molecule has 2 N–H and O–H groups in total. The van der Waals surface area contributed by atoms with E-state index in [0.29, 0.717) is 35.5 Å². The Labute approximate surface area is 171 Å². The molecule has 2 aromatic rings. The zero-order chi connectivity index (χ0) is 20.2. The topological polar surface area (TPSA) is 66.8 Å².